The van der Waals surface area contributed by atoms with Gasteiger partial charge in [0.15, 0.2) is 29.3 Å². The monoisotopic (exact) mass is 636 g/mol. The second-order valence-electron chi connectivity index (χ2n) is 10.7. The zero-order chi connectivity index (χ0) is 32.0. The predicted molar refractivity (Wildman–Crippen MR) is 148 cm³/mol. The molecule has 45 heavy (non-hydrogen) atoms. The average Bonchev–Trinajstić information content (AvgIpc) is 3.52. The number of fused-ring (bicyclic) bond motifs is 2. The molecular weight excluding hydrogens is 604 g/mol. The van der Waals surface area contributed by atoms with Crippen LogP contribution in [0.4, 0.5) is 0 Å². The molecule has 16 heteroatoms. The molecule has 7 N–H and O–H groups in total. The van der Waals surface area contributed by atoms with E-state index in [1.165, 1.54) is 25.5 Å². The van der Waals surface area contributed by atoms with Crippen LogP contribution >= 0.6 is 0 Å². The maximum atomic E-state index is 13.5. The largest absolute Gasteiger partial charge is 0.493 e. The second-order valence-corrected chi connectivity index (χ2v) is 10.7. The molecule has 0 radical (unpaired) electrons. The van der Waals surface area contributed by atoms with Gasteiger partial charge in [0.1, 0.15) is 60.7 Å². The average molecular weight is 637 g/mol. The highest BCUT2D eigenvalue weighted by Gasteiger charge is 2.51. The lowest BCUT2D eigenvalue weighted by Gasteiger charge is -2.45. The normalized spacial score (nSPS) is 32.9. The summed E-state index contributed by atoms with van der Waals surface area (Å²) in [5.41, 5.74) is 0.492. The maximum absolute atomic E-state index is 13.5. The molecule has 0 amide bonds. The molecule has 2 aromatic carbocycles. The van der Waals surface area contributed by atoms with Gasteiger partial charge in [0.05, 0.1) is 31.3 Å². The number of aliphatic hydroxyl groups is 7. The van der Waals surface area contributed by atoms with Gasteiger partial charge in [0.25, 0.3) is 0 Å². The highest BCUT2D eigenvalue weighted by atomic mass is 16.7. The molecule has 0 unspecified atom stereocenters. The molecule has 1 aromatic heterocycles. The first kappa shape index (κ1) is 31.4. The van der Waals surface area contributed by atoms with Crippen LogP contribution in [-0.4, -0.2) is 124 Å². The summed E-state index contributed by atoms with van der Waals surface area (Å²) in [7, 11) is 1.32. The number of ether oxygens (including phenoxy) is 7. The second kappa shape index (κ2) is 12.7. The van der Waals surface area contributed by atoms with Gasteiger partial charge in [-0.15, -0.1) is 0 Å². The number of aliphatic hydroxyl groups excluding tert-OH is 7. The van der Waals surface area contributed by atoms with E-state index in [9.17, 15) is 40.5 Å². The summed E-state index contributed by atoms with van der Waals surface area (Å²) in [4.78, 5) is 13.5. The van der Waals surface area contributed by atoms with E-state index in [0.717, 1.165) is 0 Å². The lowest BCUT2D eigenvalue weighted by molar-refractivity contribution is -0.352. The highest BCUT2D eigenvalue weighted by Crippen LogP contribution is 2.38. The molecule has 0 spiro atoms. The Morgan fingerprint density at radius 2 is 1.51 bits per heavy atom. The van der Waals surface area contributed by atoms with Gasteiger partial charge >= 0.3 is 0 Å². The Morgan fingerprint density at radius 3 is 2.24 bits per heavy atom. The van der Waals surface area contributed by atoms with Gasteiger partial charge in [-0.1, -0.05) is 6.07 Å². The minimum atomic E-state index is -1.83. The predicted octanol–water partition coefficient (Wildman–Crippen LogP) is -1.80. The highest BCUT2D eigenvalue weighted by molar-refractivity contribution is 5.85. The molecule has 2 saturated heterocycles. The molecule has 6 rings (SSSR count). The van der Waals surface area contributed by atoms with Crippen molar-refractivity contribution in [3.63, 3.8) is 0 Å². The van der Waals surface area contributed by atoms with E-state index in [2.05, 4.69) is 0 Å². The number of rotatable bonds is 8. The molecule has 244 valence electrons. The van der Waals surface area contributed by atoms with Crippen molar-refractivity contribution in [2.75, 3.05) is 27.1 Å². The fourth-order valence-electron chi connectivity index (χ4n) is 5.42. The Morgan fingerprint density at radius 1 is 0.800 bits per heavy atom. The smallest absolute Gasteiger partial charge is 0.231 e. The van der Waals surface area contributed by atoms with Crippen LogP contribution in [-0.2, 0) is 14.2 Å². The van der Waals surface area contributed by atoms with Crippen LogP contribution in [0.5, 0.6) is 23.0 Å². The van der Waals surface area contributed by atoms with Crippen LogP contribution in [0.25, 0.3) is 22.1 Å². The zero-order valence-corrected chi connectivity index (χ0v) is 23.7. The van der Waals surface area contributed by atoms with Crippen LogP contribution in [0.2, 0.25) is 0 Å². The molecule has 16 nitrogen and oxygen atoms in total. The molecular formula is C29H32O16. The van der Waals surface area contributed by atoms with Crippen molar-refractivity contribution in [1.29, 1.82) is 0 Å². The summed E-state index contributed by atoms with van der Waals surface area (Å²) in [6.07, 6.45) is -15.1. The molecule has 3 aromatic rings. The van der Waals surface area contributed by atoms with Crippen LogP contribution in [0.3, 0.4) is 0 Å². The first-order valence-electron chi connectivity index (χ1n) is 13.9. The first-order chi connectivity index (χ1) is 21.6. The van der Waals surface area contributed by atoms with Gasteiger partial charge in [0, 0.05) is 6.07 Å². The van der Waals surface area contributed by atoms with E-state index in [1.54, 1.807) is 18.2 Å². The van der Waals surface area contributed by atoms with Crippen molar-refractivity contribution in [3.8, 4) is 34.1 Å². The maximum Gasteiger partial charge on any atom is 0.231 e. The van der Waals surface area contributed by atoms with Gasteiger partial charge in [-0.05, 0) is 23.8 Å². The van der Waals surface area contributed by atoms with E-state index < -0.39 is 74.6 Å². The quantitative estimate of drug-likeness (QED) is 0.144. The van der Waals surface area contributed by atoms with E-state index in [4.69, 9.17) is 37.6 Å². The minimum absolute atomic E-state index is 0.0477. The van der Waals surface area contributed by atoms with E-state index >= 15 is 0 Å². The summed E-state index contributed by atoms with van der Waals surface area (Å²) < 4.78 is 44.3. The number of benzene rings is 2. The third-order valence-corrected chi connectivity index (χ3v) is 7.95. The third-order valence-electron chi connectivity index (χ3n) is 7.95. The van der Waals surface area contributed by atoms with Gasteiger partial charge < -0.3 is 73.3 Å². The van der Waals surface area contributed by atoms with Crippen LogP contribution < -0.4 is 24.4 Å². The topological polar surface area (TPSA) is 236 Å². The fourth-order valence-corrected chi connectivity index (χ4v) is 5.42. The summed E-state index contributed by atoms with van der Waals surface area (Å²) in [6, 6.07) is 7.74. The molecule has 0 aliphatic carbocycles. The van der Waals surface area contributed by atoms with Gasteiger partial charge in [-0.3, -0.25) is 4.79 Å². The fraction of sp³-hybridized carbons (Fsp3) is 0.483. The van der Waals surface area contributed by atoms with Crippen molar-refractivity contribution in [2.45, 2.75) is 61.4 Å². The van der Waals surface area contributed by atoms with E-state index in [1.807, 2.05) is 0 Å². The Bertz CT molecular complexity index is 1570. The van der Waals surface area contributed by atoms with Crippen molar-refractivity contribution in [3.05, 3.63) is 46.8 Å². The summed E-state index contributed by atoms with van der Waals surface area (Å²) >= 11 is 0. The third kappa shape index (κ3) is 5.70. The summed E-state index contributed by atoms with van der Waals surface area (Å²) in [5, 5.41) is 71.9. The van der Waals surface area contributed by atoms with Crippen molar-refractivity contribution < 1.29 is 73.3 Å². The Balaban J connectivity index is 1.27. The van der Waals surface area contributed by atoms with Crippen molar-refractivity contribution in [1.82, 2.24) is 0 Å². The Labute approximate surface area is 254 Å². The van der Waals surface area contributed by atoms with Crippen LogP contribution in [0, 0.1) is 0 Å². The first-order valence-corrected chi connectivity index (χ1v) is 13.9. The number of hydrogen-bond acceptors (Lipinski definition) is 16. The molecule has 3 aliphatic heterocycles. The minimum Gasteiger partial charge on any atom is -0.493 e. The molecule has 10 atom stereocenters. The standard InChI is InChI=1S/C29H32O16/c1-38-16-5-12-15(39-9-13(21(12)32)11-2-3-14-17(4-11)41-10-40-14)6-18(16)42-29-26(37)27(23(34)20(8-31)44-29)45-28-25(36)24(35)22(33)19(7-30)43-28/h2-6,9,19-20,22-31,33-37H,7-8,10H2,1H3/t19-,20-,22-,23-,24+,25-,26-,27+,28+,29-/m1/s1. The SMILES string of the molecule is COc1cc2c(=O)c(-c3ccc4c(c3)OCO4)coc2cc1O[C@@H]1O[C@H](CO)[C@@H](O)[C@H](O[C@@H]2O[C@H](CO)[C@@H](O)[C@H](O)[C@H]2O)[C@H]1O. The lowest BCUT2D eigenvalue weighted by Crippen LogP contribution is -2.65. The molecule has 0 saturated carbocycles. The van der Waals surface area contributed by atoms with Crippen molar-refractivity contribution >= 4 is 11.0 Å². The van der Waals surface area contributed by atoms with E-state index in [-0.39, 0.29) is 40.3 Å². The summed E-state index contributed by atoms with van der Waals surface area (Å²) in [6.45, 7) is -1.40. The Kier molecular flexibility index (Phi) is 8.86. The Hall–Kier alpha value is -3.55. The van der Waals surface area contributed by atoms with E-state index in [0.29, 0.717) is 17.1 Å². The van der Waals surface area contributed by atoms with Crippen LogP contribution in [0.15, 0.2) is 45.8 Å². The molecule has 2 fully saturated rings. The molecule has 0 bridgehead atoms. The van der Waals surface area contributed by atoms with Gasteiger partial charge in [0.2, 0.25) is 18.5 Å². The van der Waals surface area contributed by atoms with Crippen molar-refractivity contribution in [2.24, 2.45) is 0 Å². The van der Waals surface area contributed by atoms with Crippen LogP contribution in [0.1, 0.15) is 0 Å². The summed E-state index contributed by atoms with van der Waals surface area (Å²) in [5.74, 6) is 1.04. The number of hydrogen-bond donors (Lipinski definition) is 7. The molecule has 3 aliphatic rings. The zero-order valence-electron chi connectivity index (χ0n) is 23.7. The number of methoxy groups -OCH3 is 1. The van der Waals surface area contributed by atoms with Gasteiger partial charge in [-0.25, -0.2) is 0 Å². The molecule has 4 heterocycles. The lowest BCUT2D eigenvalue weighted by atomic mass is 9.97. The van der Waals surface area contributed by atoms with Gasteiger partial charge in [-0.2, -0.15) is 0 Å².